The van der Waals surface area contributed by atoms with Gasteiger partial charge in [-0.3, -0.25) is 4.72 Å². The van der Waals surface area contributed by atoms with Gasteiger partial charge in [-0.05, 0) is 26.0 Å². The first-order valence-electron chi connectivity index (χ1n) is 5.41. The van der Waals surface area contributed by atoms with Gasteiger partial charge in [0.25, 0.3) is 0 Å². The molecular weight excluding hydrogens is 290 g/mol. The van der Waals surface area contributed by atoms with E-state index >= 15 is 0 Å². The molecule has 0 aliphatic rings. The van der Waals surface area contributed by atoms with Crippen molar-refractivity contribution in [3.63, 3.8) is 0 Å². The Bertz CT molecular complexity index is 613. The molecule has 0 fully saturated rings. The van der Waals surface area contributed by atoms with Crippen molar-refractivity contribution >= 4 is 28.0 Å². The first-order chi connectivity index (χ1) is 9.21. The zero-order chi connectivity index (χ0) is 15.3. The monoisotopic (exact) mass is 303 g/mol. The van der Waals surface area contributed by atoms with Crippen LogP contribution in [0.3, 0.4) is 0 Å². The number of carbonyl (C=O) groups is 2. The molecule has 0 aliphatic heterocycles. The number of carboxylic acid groups (broad SMARTS) is 1. The number of ether oxygens (including phenoxy) is 1. The number of aromatic nitrogens is 1. The Morgan fingerprint density at radius 2 is 2.05 bits per heavy atom. The number of amides is 1. The lowest BCUT2D eigenvalue weighted by atomic mass is 10.3. The van der Waals surface area contributed by atoms with Gasteiger partial charge >= 0.3 is 22.3 Å². The number of pyridine rings is 1. The maximum atomic E-state index is 11.6. The van der Waals surface area contributed by atoms with Gasteiger partial charge in [0.2, 0.25) is 0 Å². The minimum atomic E-state index is -4.31. The zero-order valence-corrected chi connectivity index (χ0v) is 11.5. The van der Waals surface area contributed by atoms with Crippen molar-refractivity contribution in [3.05, 3.63) is 24.0 Å². The highest BCUT2D eigenvalue weighted by atomic mass is 32.2. The molecule has 1 aromatic heterocycles. The topological polar surface area (TPSA) is 135 Å². The molecule has 0 aromatic carbocycles. The molecule has 10 heteroatoms. The normalized spacial score (nSPS) is 10.9. The molecule has 0 saturated carbocycles. The molecule has 0 radical (unpaired) electrons. The maximum Gasteiger partial charge on any atom is 0.422 e. The van der Waals surface area contributed by atoms with Crippen LogP contribution in [0.1, 0.15) is 24.3 Å². The van der Waals surface area contributed by atoms with Crippen molar-refractivity contribution in [2.75, 3.05) is 4.72 Å². The number of carbonyl (C=O) groups excluding carboxylic acids is 1. The van der Waals surface area contributed by atoms with E-state index in [1.807, 2.05) is 4.72 Å². The van der Waals surface area contributed by atoms with Crippen molar-refractivity contribution in [2.45, 2.75) is 20.0 Å². The van der Waals surface area contributed by atoms with E-state index in [4.69, 9.17) is 5.11 Å². The van der Waals surface area contributed by atoms with Crippen LogP contribution < -0.4 is 9.44 Å². The molecule has 0 atom stereocenters. The van der Waals surface area contributed by atoms with E-state index in [0.29, 0.717) is 0 Å². The SMILES string of the molecule is CC(C)OC(=O)NS(=O)(=O)Nc1cccnc1C(=O)O. The highest BCUT2D eigenvalue weighted by molar-refractivity contribution is 7.91. The second-order valence-corrected chi connectivity index (χ2v) is 5.28. The fourth-order valence-electron chi connectivity index (χ4n) is 1.18. The quantitative estimate of drug-likeness (QED) is 0.723. The predicted octanol–water partition coefficient (Wildman–Crippen LogP) is 0.571. The van der Waals surface area contributed by atoms with E-state index < -0.39 is 34.1 Å². The molecule has 0 bridgehead atoms. The summed E-state index contributed by atoms with van der Waals surface area (Å²) in [6.07, 6.45) is -0.478. The lowest BCUT2D eigenvalue weighted by Crippen LogP contribution is -2.37. The molecule has 0 saturated heterocycles. The molecule has 3 N–H and O–H groups in total. The summed E-state index contributed by atoms with van der Waals surface area (Å²) in [4.78, 5) is 25.6. The van der Waals surface area contributed by atoms with Gasteiger partial charge in [0.1, 0.15) is 0 Å². The third-order valence-corrected chi connectivity index (χ3v) is 2.74. The molecule has 0 spiro atoms. The van der Waals surface area contributed by atoms with Crippen LogP contribution in [0.4, 0.5) is 10.5 Å². The fraction of sp³-hybridized carbons (Fsp3) is 0.300. The molecule has 110 valence electrons. The highest BCUT2D eigenvalue weighted by Crippen LogP contribution is 2.13. The lowest BCUT2D eigenvalue weighted by Gasteiger charge is -2.12. The highest BCUT2D eigenvalue weighted by Gasteiger charge is 2.20. The summed E-state index contributed by atoms with van der Waals surface area (Å²) in [5.74, 6) is -1.41. The standard InChI is InChI=1S/C10H13N3O6S/c1-6(2)19-10(16)13-20(17,18)12-7-4-3-5-11-8(7)9(14)15/h3-6,12H,1-2H3,(H,13,16)(H,14,15). The Morgan fingerprint density at radius 3 is 2.60 bits per heavy atom. The van der Waals surface area contributed by atoms with Crippen molar-refractivity contribution in [1.82, 2.24) is 9.71 Å². The Labute approximate surface area is 115 Å². The average Bonchev–Trinajstić information content (AvgIpc) is 2.26. The summed E-state index contributed by atoms with van der Waals surface area (Å²) >= 11 is 0. The summed E-state index contributed by atoms with van der Waals surface area (Å²) in [5.41, 5.74) is -0.764. The largest absolute Gasteiger partial charge is 0.476 e. The molecule has 0 unspecified atom stereocenters. The number of hydrogen-bond acceptors (Lipinski definition) is 6. The number of aromatic carboxylic acids is 1. The molecule has 0 aliphatic carbocycles. The maximum absolute atomic E-state index is 11.6. The Morgan fingerprint density at radius 1 is 1.40 bits per heavy atom. The van der Waals surface area contributed by atoms with Crippen molar-refractivity contribution < 1.29 is 27.9 Å². The van der Waals surface area contributed by atoms with Crippen LogP contribution in [0.2, 0.25) is 0 Å². The van der Waals surface area contributed by atoms with E-state index in [2.05, 4.69) is 9.72 Å². The molecule has 20 heavy (non-hydrogen) atoms. The van der Waals surface area contributed by atoms with E-state index in [0.717, 1.165) is 0 Å². The van der Waals surface area contributed by atoms with Crippen LogP contribution in [-0.2, 0) is 14.9 Å². The first-order valence-corrected chi connectivity index (χ1v) is 6.89. The Hall–Kier alpha value is -2.36. The smallest absolute Gasteiger partial charge is 0.422 e. The van der Waals surface area contributed by atoms with Crippen LogP contribution in [0.25, 0.3) is 0 Å². The van der Waals surface area contributed by atoms with Crippen LogP contribution >= 0.6 is 0 Å². The lowest BCUT2D eigenvalue weighted by molar-refractivity contribution is 0.0691. The van der Waals surface area contributed by atoms with Crippen LogP contribution in [-0.4, -0.2) is 36.7 Å². The molecular formula is C10H13N3O6S. The third kappa shape index (κ3) is 4.72. The average molecular weight is 303 g/mol. The molecule has 1 heterocycles. The van der Waals surface area contributed by atoms with Crippen LogP contribution in [0.5, 0.6) is 0 Å². The summed E-state index contributed by atoms with van der Waals surface area (Å²) < 4.78 is 31.3. The van der Waals surface area contributed by atoms with Gasteiger partial charge in [0.05, 0.1) is 11.8 Å². The molecule has 9 nitrogen and oxygen atoms in total. The number of carboxylic acids is 1. The number of nitrogens with zero attached hydrogens (tertiary/aromatic N) is 1. The van der Waals surface area contributed by atoms with E-state index in [-0.39, 0.29) is 5.69 Å². The summed E-state index contributed by atoms with van der Waals surface area (Å²) in [6.45, 7) is 3.09. The van der Waals surface area contributed by atoms with Crippen molar-refractivity contribution in [3.8, 4) is 0 Å². The molecule has 1 rings (SSSR count). The predicted molar refractivity (Wildman–Crippen MR) is 68.5 cm³/mol. The van der Waals surface area contributed by atoms with Gasteiger partial charge in [-0.1, -0.05) is 0 Å². The molecule has 1 aromatic rings. The number of rotatable bonds is 5. The van der Waals surface area contributed by atoms with Crippen LogP contribution in [0.15, 0.2) is 18.3 Å². The fourth-order valence-corrected chi connectivity index (χ4v) is 1.95. The summed E-state index contributed by atoms with van der Waals surface area (Å²) in [7, 11) is -4.31. The van der Waals surface area contributed by atoms with Gasteiger partial charge in [0, 0.05) is 6.20 Å². The summed E-state index contributed by atoms with van der Waals surface area (Å²) in [5, 5.41) is 8.85. The number of hydrogen-bond donors (Lipinski definition) is 3. The van der Waals surface area contributed by atoms with E-state index in [1.54, 1.807) is 18.6 Å². The number of nitrogens with one attached hydrogen (secondary N) is 2. The number of anilines is 1. The van der Waals surface area contributed by atoms with Gasteiger partial charge < -0.3 is 9.84 Å². The van der Waals surface area contributed by atoms with E-state index in [1.165, 1.54) is 18.3 Å². The molecule has 1 amide bonds. The minimum Gasteiger partial charge on any atom is -0.476 e. The second-order valence-electron chi connectivity index (χ2n) is 3.87. The van der Waals surface area contributed by atoms with E-state index in [9.17, 15) is 18.0 Å². The Kier molecular flexibility index (Phi) is 4.86. The van der Waals surface area contributed by atoms with Gasteiger partial charge in [-0.2, -0.15) is 8.42 Å². The third-order valence-electron chi connectivity index (χ3n) is 1.82. The summed E-state index contributed by atoms with van der Waals surface area (Å²) in [6, 6.07) is 2.54. The first kappa shape index (κ1) is 15.7. The van der Waals surface area contributed by atoms with Gasteiger partial charge in [-0.15, -0.1) is 0 Å². The van der Waals surface area contributed by atoms with Crippen LogP contribution in [0, 0.1) is 0 Å². The minimum absolute atomic E-state index is 0.273. The second kappa shape index (κ2) is 6.19. The van der Waals surface area contributed by atoms with Gasteiger partial charge in [0.15, 0.2) is 5.69 Å². The Balaban J connectivity index is 2.87. The zero-order valence-electron chi connectivity index (χ0n) is 10.7. The van der Waals surface area contributed by atoms with Gasteiger partial charge in [-0.25, -0.2) is 19.3 Å². The van der Waals surface area contributed by atoms with Crippen molar-refractivity contribution in [2.24, 2.45) is 0 Å². The van der Waals surface area contributed by atoms with Crippen molar-refractivity contribution in [1.29, 1.82) is 0 Å².